The fourth-order valence-corrected chi connectivity index (χ4v) is 12.6. The molecule has 8 atom stereocenters. The van der Waals surface area contributed by atoms with Crippen molar-refractivity contribution in [2.75, 3.05) is 13.2 Å². The van der Waals surface area contributed by atoms with Crippen molar-refractivity contribution < 1.29 is 29.4 Å². The monoisotopic (exact) mass is 878 g/mol. The minimum atomic E-state index is -0.678. The fourth-order valence-electron chi connectivity index (χ4n) is 12.6. The average Bonchev–Trinajstić information content (AvgIpc) is 4.10. The van der Waals surface area contributed by atoms with E-state index < -0.39 is 12.1 Å². The van der Waals surface area contributed by atoms with Crippen LogP contribution in [0.1, 0.15) is 138 Å². The Morgan fingerprint density at radius 1 is 0.578 bits per heavy atom. The van der Waals surface area contributed by atoms with Gasteiger partial charge in [0.1, 0.15) is 12.1 Å². The van der Waals surface area contributed by atoms with E-state index in [9.17, 15) is 39.0 Å². The molecule has 6 fully saturated rings. The van der Waals surface area contributed by atoms with Gasteiger partial charge in [-0.15, -0.1) is 0 Å². The number of hydrogen-bond acceptors (Lipinski definition) is 8. The van der Waals surface area contributed by atoms with Gasteiger partial charge in [-0.2, -0.15) is 0 Å². The molecule has 10 rings (SSSR count). The Hall–Kier alpha value is -4.82. The third-order valence-corrected chi connectivity index (χ3v) is 16.3. The molecule has 64 heavy (non-hydrogen) atoms. The van der Waals surface area contributed by atoms with Crippen molar-refractivity contribution in [2.24, 2.45) is 35.5 Å². The van der Waals surface area contributed by atoms with E-state index >= 15 is 0 Å². The second-order valence-electron chi connectivity index (χ2n) is 19.8. The normalized spacial score (nSPS) is 29.9. The highest BCUT2D eigenvalue weighted by molar-refractivity contribution is 5.91. The smallest absolute Gasteiger partial charge is 0.258 e. The molecule has 6 heterocycles. The number of likely N-dealkylation sites (tertiary alicyclic amines) is 2. The summed E-state index contributed by atoms with van der Waals surface area (Å²) >= 11 is 0. The first-order valence-corrected chi connectivity index (χ1v) is 24.3. The lowest BCUT2D eigenvalue weighted by atomic mass is 9.84. The van der Waals surface area contributed by atoms with Crippen LogP contribution in [0.3, 0.4) is 0 Å². The summed E-state index contributed by atoms with van der Waals surface area (Å²) < 4.78 is 3.50. The van der Waals surface area contributed by atoms with Crippen LogP contribution in [-0.2, 0) is 32.3 Å². The van der Waals surface area contributed by atoms with Crippen LogP contribution < -0.4 is 21.8 Å². The third-order valence-electron chi connectivity index (χ3n) is 16.3. The van der Waals surface area contributed by atoms with Gasteiger partial charge in [0, 0.05) is 96.4 Å². The minimum absolute atomic E-state index is 0.00667. The van der Waals surface area contributed by atoms with Crippen molar-refractivity contribution in [1.29, 1.82) is 0 Å². The van der Waals surface area contributed by atoms with Crippen molar-refractivity contribution in [3.05, 3.63) is 79.6 Å². The van der Waals surface area contributed by atoms with E-state index in [-0.39, 0.29) is 108 Å². The molecule has 0 unspecified atom stereocenters. The van der Waals surface area contributed by atoms with E-state index in [1.807, 2.05) is 50.3 Å². The maximum absolute atomic E-state index is 13.6. The van der Waals surface area contributed by atoms with Gasteiger partial charge in [-0.3, -0.25) is 28.8 Å². The van der Waals surface area contributed by atoms with Crippen LogP contribution in [0, 0.1) is 35.5 Å². The Bertz CT molecular complexity index is 2140. The molecule has 4 aliphatic heterocycles. The summed E-state index contributed by atoms with van der Waals surface area (Å²) in [5.41, 5.74) is 2.66. The van der Waals surface area contributed by atoms with Crippen molar-refractivity contribution in [1.82, 2.24) is 29.6 Å². The van der Waals surface area contributed by atoms with E-state index in [0.717, 1.165) is 101 Å². The van der Waals surface area contributed by atoms with Crippen LogP contribution in [-0.4, -0.2) is 90.2 Å². The maximum atomic E-state index is 13.6. The molecule has 2 saturated heterocycles. The molecule has 2 aromatic rings. The summed E-state index contributed by atoms with van der Waals surface area (Å²) in [4.78, 5) is 83.8. The van der Waals surface area contributed by atoms with Gasteiger partial charge in [0.05, 0.1) is 12.1 Å². The molecule has 8 aliphatic rings. The number of pyridine rings is 2. The van der Waals surface area contributed by atoms with E-state index in [1.54, 1.807) is 31.1 Å². The van der Waals surface area contributed by atoms with Gasteiger partial charge in [-0.1, -0.05) is 62.8 Å². The van der Waals surface area contributed by atoms with Crippen LogP contribution in [0.25, 0.3) is 12.2 Å². The van der Waals surface area contributed by atoms with Crippen molar-refractivity contribution in [3.63, 3.8) is 0 Å². The molecule has 4 saturated carbocycles. The molecule has 14 heteroatoms. The predicted molar refractivity (Wildman–Crippen MR) is 241 cm³/mol. The number of allylic oxidation sites excluding steroid dienone is 2. The quantitative estimate of drug-likeness (QED) is 0.270. The zero-order chi connectivity index (χ0) is 44.8. The maximum Gasteiger partial charge on any atom is 0.258 e. The lowest BCUT2D eigenvalue weighted by molar-refractivity contribution is -0.147. The number of aromatic nitrogens is 2. The first-order valence-electron chi connectivity index (χ1n) is 24.3. The van der Waals surface area contributed by atoms with Gasteiger partial charge in [-0.05, 0) is 89.5 Å². The molecule has 4 N–H and O–H groups in total. The van der Waals surface area contributed by atoms with Gasteiger partial charge in [0.2, 0.25) is 23.6 Å². The molecule has 4 amide bonds. The first-order chi connectivity index (χ1) is 31.1. The van der Waals surface area contributed by atoms with Crippen LogP contribution in [0.2, 0.25) is 0 Å². The Morgan fingerprint density at radius 3 is 1.27 bits per heavy atom. The molecule has 4 aliphatic carbocycles. The molecular formula is C50H66N6O8. The number of fused-ring (bicyclic) bond motifs is 6. The Morgan fingerprint density at radius 2 is 0.953 bits per heavy atom. The lowest BCUT2D eigenvalue weighted by Crippen LogP contribution is -2.54. The number of nitrogens with one attached hydrogen (secondary N) is 2. The summed E-state index contributed by atoms with van der Waals surface area (Å²) in [6, 6.07) is 5.74. The number of amides is 4. The minimum Gasteiger partial charge on any atom is -0.396 e. The largest absolute Gasteiger partial charge is 0.396 e. The molecule has 0 bridgehead atoms. The molecule has 344 valence electrons. The number of carbonyl (C=O) groups is 4. The highest BCUT2D eigenvalue weighted by atomic mass is 16.3. The number of carbonyl (C=O) groups excluding carboxylic acids is 4. The van der Waals surface area contributed by atoms with Gasteiger partial charge in [0.15, 0.2) is 0 Å². The summed E-state index contributed by atoms with van der Waals surface area (Å²) in [5.74, 6) is -1.43. The van der Waals surface area contributed by atoms with Crippen LogP contribution in [0.5, 0.6) is 0 Å². The molecular weight excluding hydrogens is 813 g/mol. The van der Waals surface area contributed by atoms with Crippen LogP contribution >= 0.6 is 0 Å². The predicted octanol–water partition coefficient (Wildman–Crippen LogP) is 4.46. The molecule has 0 spiro atoms. The van der Waals surface area contributed by atoms with Gasteiger partial charge < -0.3 is 39.8 Å². The summed E-state index contributed by atoms with van der Waals surface area (Å²) in [6.45, 7) is 4.25. The SMILES string of the molecule is C/C=C/c1ccc2n(c1=O)C[C@@H]1[C@@H](CO)[C@H](C(=O)NC3CCCC3)N(C(=O)C3CCC3)[C@H]21.C/C=C\c1ccc2n(c1=O)C[C@@H]1[C@@H](CO)[C@H](C(=O)NC3CCCC3)N(C(=O)C3CCC3)[C@H]21. The van der Waals surface area contributed by atoms with Crippen molar-refractivity contribution in [2.45, 2.75) is 153 Å². The topological polar surface area (TPSA) is 183 Å². The highest BCUT2D eigenvalue weighted by Crippen LogP contribution is 2.52. The van der Waals surface area contributed by atoms with Crippen LogP contribution in [0.4, 0.5) is 0 Å². The lowest BCUT2D eigenvalue weighted by Gasteiger charge is -2.36. The van der Waals surface area contributed by atoms with E-state index in [0.29, 0.717) is 24.2 Å². The molecule has 2 aromatic heterocycles. The summed E-state index contributed by atoms with van der Waals surface area (Å²) in [6.07, 6.45) is 21.0. The zero-order valence-corrected chi connectivity index (χ0v) is 37.4. The number of nitrogens with zero attached hydrogens (tertiary/aromatic N) is 4. The number of rotatable bonds is 10. The van der Waals surface area contributed by atoms with Crippen molar-refractivity contribution in [3.8, 4) is 0 Å². The number of aliphatic hydroxyl groups is 2. The third kappa shape index (κ3) is 7.69. The van der Waals surface area contributed by atoms with Gasteiger partial charge >= 0.3 is 0 Å². The average molecular weight is 879 g/mol. The Kier molecular flexibility index (Phi) is 12.9. The van der Waals surface area contributed by atoms with E-state index in [4.69, 9.17) is 0 Å². The summed E-state index contributed by atoms with van der Waals surface area (Å²) in [5, 5.41) is 27.1. The Balaban J connectivity index is 0.000000162. The van der Waals surface area contributed by atoms with Gasteiger partial charge in [-0.25, -0.2) is 0 Å². The van der Waals surface area contributed by atoms with E-state index in [1.165, 1.54) is 0 Å². The number of aliphatic hydroxyl groups excluding tert-OH is 2. The molecule has 0 aromatic carbocycles. The van der Waals surface area contributed by atoms with Crippen molar-refractivity contribution >= 4 is 35.8 Å². The van der Waals surface area contributed by atoms with E-state index in [2.05, 4.69) is 10.6 Å². The van der Waals surface area contributed by atoms with Gasteiger partial charge in [0.25, 0.3) is 11.1 Å². The zero-order valence-electron chi connectivity index (χ0n) is 37.4. The number of hydrogen-bond donors (Lipinski definition) is 4. The Labute approximate surface area is 375 Å². The second-order valence-corrected chi connectivity index (χ2v) is 19.8. The standard InChI is InChI=1S/2C25H33N3O4/c2*1-2-6-15-11-12-20-21-18(13-27(20)24(15)31)19(14-29)22(23(30)26-17-9-3-4-10-17)28(21)25(32)16-7-5-8-16/h2*2,6,11-12,16-19,21-22,29H,3-5,7-10,13-14H2,1H3,(H,26,30)/b6-2+;6-2-/t2*18-,19-,21+,22-/m11/s1. The van der Waals surface area contributed by atoms with Crippen LogP contribution in [0.15, 0.2) is 46.0 Å². The highest BCUT2D eigenvalue weighted by Gasteiger charge is 2.60. The second kappa shape index (κ2) is 18.6. The molecule has 14 nitrogen and oxygen atoms in total. The molecule has 0 radical (unpaired) electrons. The summed E-state index contributed by atoms with van der Waals surface area (Å²) in [7, 11) is 0. The fraction of sp³-hybridized carbons (Fsp3) is 0.640. The first kappa shape index (κ1) is 44.4.